The van der Waals surface area contributed by atoms with Crippen molar-refractivity contribution in [2.24, 2.45) is 23.2 Å². The first kappa shape index (κ1) is 12.2. The van der Waals surface area contributed by atoms with Crippen LogP contribution in [-0.4, -0.2) is 29.5 Å². The second kappa shape index (κ2) is 4.06. The third-order valence-corrected chi connectivity index (χ3v) is 5.15. The van der Waals surface area contributed by atoms with Crippen LogP contribution in [0.25, 0.3) is 0 Å². The third-order valence-electron chi connectivity index (χ3n) is 4.35. The summed E-state index contributed by atoms with van der Waals surface area (Å²) in [6.45, 7) is 0. The fourth-order valence-corrected chi connectivity index (χ4v) is 4.29. The SMILES string of the molecule is CN1C(=O)C2C3C=CC(CSOO[O-])(C3)C2C1=O. The highest BCUT2D eigenvalue weighted by atomic mass is 32.2. The molecule has 6 nitrogen and oxygen atoms in total. The second-order valence-corrected chi connectivity index (χ2v) is 5.76. The van der Waals surface area contributed by atoms with E-state index in [1.54, 1.807) is 0 Å². The Balaban J connectivity index is 1.86. The van der Waals surface area contributed by atoms with Crippen molar-refractivity contribution in [3.05, 3.63) is 12.2 Å². The van der Waals surface area contributed by atoms with Gasteiger partial charge in [0.25, 0.3) is 0 Å². The Morgan fingerprint density at radius 3 is 3.06 bits per heavy atom. The van der Waals surface area contributed by atoms with Crippen LogP contribution in [0, 0.1) is 23.2 Å². The lowest BCUT2D eigenvalue weighted by Crippen LogP contribution is -2.35. The fraction of sp³-hybridized carbons (Fsp3) is 0.636. The zero-order valence-electron chi connectivity index (χ0n) is 9.70. The van der Waals surface area contributed by atoms with Gasteiger partial charge in [-0.3, -0.25) is 19.5 Å². The number of carbonyl (C=O) groups excluding carboxylic acids is 2. The molecule has 98 valence electrons. The van der Waals surface area contributed by atoms with Crippen molar-refractivity contribution < 1.29 is 24.2 Å². The predicted octanol–water partition coefficient (Wildman–Crippen LogP) is -0.335. The number of amides is 2. The lowest BCUT2D eigenvalue weighted by molar-refractivity contribution is -0.777. The van der Waals surface area contributed by atoms with Crippen molar-refractivity contribution in [1.82, 2.24) is 4.90 Å². The van der Waals surface area contributed by atoms with E-state index in [0.29, 0.717) is 5.75 Å². The van der Waals surface area contributed by atoms with E-state index < -0.39 is 0 Å². The summed E-state index contributed by atoms with van der Waals surface area (Å²) in [6.07, 6.45) is 4.76. The maximum absolute atomic E-state index is 12.2. The van der Waals surface area contributed by atoms with E-state index in [0.717, 1.165) is 18.5 Å². The van der Waals surface area contributed by atoms with Gasteiger partial charge in [-0.2, -0.15) is 4.33 Å². The maximum atomic E-state index is 12.2. The highest BCUT2D eigenvalue weighted by Gasteiger charge is 2.65. The van der Waals surface area contributed by atoms with E-state index in [1.807, 2.05) is 12.2 Å². The van der Waals surface area contributed by atoms with Gasteiger partial charge in [-0.15, -0.1) is 0 Å². The van der Waals surface area contributed by atoms with Gasteiger partial charge in [-0.1, -0.05) is 12.2 Å². The normalized spacial score (nSPS) is 41.0. The lowest BCUT2D eigenvalue weighted by atomic mass is 9.76. The van der Waals surface area contributed by atoms with Crippen LogP contribution in [0.15, 0.2) is 12.2 Å². The topological polar surface area (TPSA) is 78.9 Å². The molecule has 2 bridgehead atoms. The minimum atomic E-state index is -0.379. The van der Waals surface area contributed by atoms with Crippen molar-refractivity contribution in [3.8, 4) is 0 Å². The Morgan fingerprint density at radius 2 is 2.33 bits per heavy atom. The number of imide groups is 1. The summed E-state index contributed by atoms with van der Waals surface area (Å²) in [4.78, 5) is 25.4. The number of rotatable bonds is 4. The Kier molecular flexibility index (Phi) is 2.74. The molecule has 2 fully saturated rings. The molecule has 0 aromatic carbocycles. The molecule has 3 aliphatic rings. The zero-order valence-corrected chi connectivity index (χ0v) is 10.5. The summed E-state index contributed by atoms with van der Waals surface area (Å²) in [5.74, 6) is -0.192. The predicted molar refractivity (Wildman–Crippen MR) is 59.1 cm³/mol. The van der Waals surface area contributed by atoms with Crippen molar-refractivity contribution in [2.75, 3.05) is 12.8 Å². The van der Waals surface area contributed by atoms with Gasteiger partial charge in [0.15, 0.2) is 0 Å². The van der Waals surface area contributed by atoms with Gasteiger partial charge in [-0.05, 0) is 12.3 Å². The van der Waals surface area contributed by atoms with Gasteiger partial charge in [0.05, 0.1) is 11.8 Å². The summed E-state index contributed by atoms with van der Waals surface area (Å²) in [5, 5.41) is 13.1. The van der Waals surface area contributed by atoms with Crippen LogP contribution in [-0.2, 0) is 19.0 Å². The quantitative estimate of drug-likeness (QED) is 0.174. The number of carbonyl (C=O) groups is 2. The molecule has 4 atom stereocenters. The standard InChI is InChI=1S/C11H13NO5S/c1-12-9(13)7-6-2-3-11(4-6,5-18-17-16-15)8(7)10(12)14/h2-3,6-8,15H,4-5H2,1H3/p-1. The van der Waals surface area contributed by atoms with Gasteiger partial charge >= 0.3 is 0 Å². The van der Waals surface area contributed by atoms with Crippen LogP contribution in [0.1, 0.15) is 6.42 Å². The molecule has 0 spiro atoms. The van der Waals surface area contributed by atoms with Crippen molar-refractivity contribution in [1.29, 1.82) is 0 Å². The molecule has 0 aromatic rings. The molecule has 2 aliphatic carbocycles. The molecule has 0 aromatic heterocycles. The molecular weight excluding hydrogens is 258 g/mol. The molecule has 18 heavy (non-hydrogen) atoms. The molecule has 3 rings (SSSR count). The summed E-state index contributed by atoms with van der Waals surface area (Å²) >= 11 is 0.886. The summed E-state index contributed by atoms with van der Waals surface area (Å²) < 4.78 is 4.30. The fourth-order valence-electron chi connectivity index (χ4n) is 3.59. The van der Waals surface area contributed by atoms with Crippen molar-refractivity contribution in [2.45, 2.75) is 6.42 Å². The van der Waals surface area contributed by atoms with Crippen LogP contribution < -0.4 is 5.26 Å². The van der Waals surface area contributed by atoms with Gasteiger partial charge < -0.3 is 5.26 Å². The lowest BCUT2D eigenvalue weighted by Gasteiger charge is -2.29. The van der Waals surface area contributed by atoms with E-state index in [-0.39, 0.29) is 35.0 Å². The molecular formula is C11H12NO5S-. The maximum Gasteiger partial charge on any atom is 0.233 e. The number of allylic oxidation sites excluding steroid dienone is 2. The van der Waals surface area contributed by atoms with Gasteiger partial charge in [0.2, 0.25) is 11.8 Å². The molecule has 1 saturated carbocycles. The average Bonchev–Trinajstić information content (AvgIpc) is 2.97. The molecule has 0 N–H and O–H groups in total. The average molecular weight is 270 g/mol. The Bertz CT molecular complexity index is 439. The zero-order chi connectivity index (χ0) is 12.9. The van der Waals surface area contributed by atoms with E-state index in [1.165, 1.54) is 11.9 Å². The Morgan fingerprint density at radius 1 is 1.56 bits per heavy atom. The molecule has 4 unspecified atom stereocenters. The molecule has 0 radical (unpaired) electrons. The monoisotopic (exact) mass is 270 g/mol. The second-order valence-electron chi connectivity index (χ2n) is 5.10. The summed E-state index contributed by atoms with van der Waals surface area (Å²) in [6, 6.07) is 0. The van der Waals surface area contributed by atoms with Crippen molar-refractivity contribution in [3.63, 3.8) is 0 Å². The minimum Gasteiger partial charge on any atom is -0.691 e. The highest BCUT2D eigenvalue weighted by molar-refractivity contribution is 7.94. The van der Waals surface area contributed by atoms with Crippen LogP contribution in [0.5, 0.6) is 0 Å². The largest absolute Gasteiger partial charge is 0.691 e. The van der Waals surface area contributed by atoms with E-state index in [9.17, 15) is 14.8 Å². The van der Waals surface area contributed by atoms with Crippen LogP contribution in [0.3, 0.4) is 0 Å². The van der Waals surface area contributed by atoms with Crippen LogP contribution in [0.2, 0.25) is 0 Å². The Hall–Kier alpha value is -0.890. The number of nitrogens with zero attached hydrogens (tertiary/aromatic N) is 1. The third kappa shape index (κ3) is 1.41. The summed E-state index contributed by atoms with van der Waals surface area (Å²) in [7, 11) is 1.53. The molecule has 7 heteroatoms. The number of hydrogen-bond acceptors (Lipinski definition) is 6. The Labute approximate surface area is 108 Å². The molecule has 1 saturated heterocycles. The van der Waals surface area contributed by atoms with E-state index in [2.05, 4.69) is 9.37 Å². The molecule has 1 aliphatic heterocycles. The van der Waals surface area contributed by atoms with E-state index >= 15 is 0 Å². The number of fused-ring (bicyclic) bond motifs is 5. The van der Waals surface area contributed by atoms with Gasteiger partial charge in [0.1, 0.15) is 0 Å². The molecule has 1 heterocycles. The highest BCUT2D eigenvalue weighted by Crippen LogP contribution is 2.60. The first-order valence-corrected chi connectivity index (χ1v) is 6.61. The minimum absolute atomic E-state index is 0.0905. The number of hydrogen-bond donors (Lipinski definition) is 0. The summed E-state index contributed by atoms with van der Waals surface area (Å²) in [5.41, 5.74) is -0.379. The van der Waals surface area contributed by atoms with Gasteiger partial charge in [-0.25, -0.2) is 0 Å². The van der Waals surface area contributed by atoms with Crippen molar-refractivity contribution >= 4 is 23.9 Å². The van der Waals surface area contributed by atoms with Crippen LogP contribution >= 0.6 is 12.0 Å². The first-order valence-electron chi connectivity index (χ1n) is 5.69. The smallest absolute Gasteiger partial charge is 0.233 e. The van der Waals surface area contributed by atoms with E-state index in [4.69, 9.17) is 0 Å². The van der Waals surface area contributed by atoms with Gasteiger partial charge in [0, 0.05) is 30.3 Å². The first-order chi connectivity index (χ1) is 8.60. The van der Waals surface area contributed by atoms with Crippen LogP contribution in [0.4, 0.5) is 0 Å². The molecule has 2 amide bonds. The number of likely N-dealkylation sites (tertiary alicyclic amines) is 1.